The van der Waals surface area contributed by atoms with Crippen LogP contribution >= 0.6 is 11.3 Å². The van der Waals surface area contributed by atoms with E-state index in [1.165, 1.54) is 6.92 Å². The largest absolute Gasteiger partial charge is 0.397 e. The molecular formula is C25H26N4O3S. The van der Waals surface area contributed by atoms with Crippen molar-refractivity contribution in [2.24, 2.45) is 0 Å². The van der Waals surface area contributed by atoms with Crippen LogP contribution in [0.5, 0.6) is 0 Å². The van der Waals surface area contributed by atoms with E-state index < -0.39 is 6.04 Å². The van der Waals surface area contributed by atoms with Crippen LogP contribution in [0.25, 0.3) is 10.4 Å². The third-order valence-electron chi connectivity index (χ3n) is 5.63. The van der Waals surface area contributed by atoms with Gasteiger partial charge in [-0.3, -0.25) is 14.4 Å². The van der Waals surface area contributed by atoms with Crippen LogP contribution in [0, 0.1) is 0 Å². The molecule has 1 aromatic heterocycles. The summed E-state index contributed by atoms with van der Waals surface area (Å²) in [5, 5.41) is 7.61. The van der Waals surface area contributed by atoms with Gasteiger partial charge in [0.15, 0.2) is 0 Å². The van der Waals surface area contributed by atoms with Crippen molar-refractivity contribution in [3.05, 3.63) is 71.1 Å². The zero-order chi connectivity index (χ0) is 23.4. The summed E-state index contributed by atoms with van der Waals surface area (Å²) in [5.74, 6) is -0.716. The SMILES string of the molecule is CC(=O)NC(C(=O)N1CCCC1)c1ccc(C(=O)Nc2cc(-c3cccs3)ccc2N)cc1. The number of carbonyl (C=O) groups excluding carboxylic acids is 3. The molecule has 7 nitrogen and oxygen atoms in total. The Bertz CT molecular complexity index is 1150. The summed E-state index contributed by atoms with van der Waals surface area (Å²) in [6, 6.07) is 15.5. The fraction of sp³-hybridized carbons (Fsp3) is 0.240. The molecule has 1 saturated heterocycles. The smallest absolute Gasteiger partial charge is 0.255 e. The number of rotatable bonds is 6. The number of anilines is 2. The Morgan fingerprint density at radius 1 is 1.03 bits per heavy atom. The summed E-state index contributed by atoms with van der Waals surface area (Å²) in [4.78, 5) is 40.4. The number of thiophene rings is 1. The molecule has 4 N–H and O–H groups in total. The van der Waals surface area contributed by atoms with E-state index in [9.17, 15) is 14.4 Å². The van der Waals surface area contributed by atoms with Crippen LogP contribution in [0.2, 0.25) is 0 Å². The van der Waals surface area contributed by atoms with Crippen molar-refractivity contribution in [3.8, 4) is 10.4 Å². The number of nitrogens with one attached hydrogen (secondary N) is 2. The Hall–Kier alpha value is -3.65. The molecule has 1 unspecified atom stereocenters. The van der Waals surface area contributed by atoms with Gasteiger partial charge >= 0.3 is 0 Å². The van der Waals surface area contributed by atoms with Gasteiger partial charge in [-0.1, -0.05) is 24.3 Å². The maximum absolute atomic E-state index is 12.9. The third kappa shape index (κ3) is 5.23. The molecule has 0 spiro atoms. The van der Waals surface area contributed by atoms with Crippen molar-refractivity contribution in [1.29, 1.82) is 0 Å². The molecule has 2 heterocycles. The van der Waals surface area contributed by atoms with Gasteiger partial charge in [-0.05, 0) is 59.7 Å². The van der Waals surface area contributed by atoms with Crippen molar-refractivity contribution in [2.75, 3.05) is 24.1 Å². The number of nitrogens with two attached hydrogens (primary N) is 1. The van der Waals surface area contributed by atoms with Crippen molar-refractivity contribution >= 4 is 40.4 Å². The molecule has 0 bridgehead atoms. The van der Waals surface area contributed by atoms with Gasteiger partial charge in [0.2, 0.25) is 11.8 Å². The minimum atomic E-state index is -0.768. The van der Waals surface area contributed by atoms with Crippen LogP contribution in [0.1, 0.15) is 41.7 Å². The van der Waals surface area contributed by atoms with E-state index >= 15 is 0 Å². The molecule has 0 radical (unpaired) electrons. The van der Waals surface area contributed by atoms with Crippen molar-refractivity contribution < 1.29 is 14.4 Å². The number of amides is 3. The van der Waals surface area contributed by atoms with Crippen LogP contribution in [0.15, 0.2) is 60.0 Å². The maximum atomic E-state index is 12.9. The summed E-state index contributed by atoms with van der Waals surface area (Å²) in [6.07, 6.45) is 1.93. The molecule has 3 amide bonds. The Morgan fingerprint density at radius 2 is 1.76 bits per heavy atom. The van der Waals surface area contributed by atoms with Gasteiger partial charge in [0.1, 0.15) is 6.04 Å². The number of carbonyl (C=O) groups is 3. The van der Waals surface area contributed by atoms with Gasteiger partial charge in [0, 0.05) is 30.5 Å². The van der Waals surface area contributed by atoms with Crippen LogP contribution in [-0.4, -0.2) is 35.7 Å². The summed E-state index contributed by atoms with van der Waals surface area (Å²) < 4.78 is 0. The molecule has 1 atom stereocenters. The minimum Gasteiger partial charge on any atom is -0.397 e. The minimum absolute atomic E-state index is 0.127. The molecule has 8 heteroatoms. The molecule has 0 saturated carbocycles. The second-order valence-electron chi connectivity index (χ2n) is 8.02. The first kappa shape index (κ1) is 22.5. The van der Waals surface area contributed by atoms with E-state index in [4.69, 9.17) is 5.73 Å². The Kier molecular flexibility index (Phi) is 6.74. The fourth-order valence-electron chi connectivity index (χ4n) is 3.89. The number of likely N-dealkylation sites (tertiary alicyclic amines) is 1. The predicted octanol–water partition coefficient (Wildman–Crippen LogP) is 4.05. The van der Waals surface area contributed by atoms with Crippen molar-refractivity contribution in [1.82, 2.24) is 10.2 Å². The Labute approximate surface area is 196 Å². The third-order valence-corrected chi connectivity index (χ3v) is 6.54. The van der Waals surface area contributed by atoms with E-state index in [-0.39, 0.29) is 17.7 Å². The summed E-state index contributed by atoms with van der Waals surface area (Å²) in [6.45, 7) is 2.78. The van der Waals surface area contributed by atoms with E-state index in [1.807, 2.05) is 29.6 Å². The molecule has 1 aliphatic heterocycles. The molecule has 170 valence electrons. The zero-order valence-electron chi connectivity index (χ0n) is 18.3. The van der Waals surface area contributed by atoms with Crippen LogP contribution in [0.4, 0.5) is 11.4 Å². The molecule has 1 aliphatic rings. The first-order valence-electron chi connectivity index (χ1n) is 10.8. The maximum Gasteiger partial charge on any atom is 0.255 e. The lowest BCUT2D eigenvalue weighted by molar-refractivity contribution is -0.135. The van der Waals surface area contributed by atoms with Gasteiger partial charge in [-0.15, -0.1) is 11.3 Å². The highest BCUT2D eigenvalue weighted by Crippen LogP contribution is 2.30. The lowest BCUT2D eigenvalue weighted by Gasteiger charge is -2.24. The van der Waals surface area contributed by atoms with Crippen LogP contribution in [0.3, 0.4) is 0 Å². The summed E-state index contributed by atoms with van der Waals surface area (Å²) >= 11 is 1.61. The number of nitrogens with zero attached hydrogens (tertiary/aromatic N) is 1. The quantitative estimate of drug-likeness (QED) is 0.481. The highest BCUT2D eigenvalue weighted by atomic mass is 32.1. The van der Waals surface area contributed by atoms with Crippen LogP contribution in [-0.2, 0) is 9.59 Å². The highest BCUT2D eigenvalue weighted by molar-refractivity contribution is 7.13. The van der Waals surface area contributed by atoms with Crippen molar-refractivity contribution in [2.45, 2.75) is 25.8 Å². The molecule has 33 heavy (non-hydrogen) atoms. The number of benzene rings is 2. The summed E-state index contributed by atoms with van der Waals surface area (Å²) in [7, 11) is 0. The monoisotopic (exact) mass is 462 g/mol. The van der Waals surface area contributed by atoms with Gasteiger partial charge in [0.05, 0.1) is 11.4 Å². The second kappa shape index (κ2) is 9.87. The average Bonchev–Trinajstić information content (AvgIpc) is 3.53. The first-order valence-corrected chi connectivity index (χ1v) is 11.7. The zero-order valence-corrected chi connectivity index (χ0v) is 19.2. The van der Waals surface area contributed by atoms with E-state index in [2.05, 4.69) is 10.6 Å². The lowest BCUT2D eigenvalue weighted by atomic mass is 10.0. The predicted molar refractivity (Wildman–Crippen MR) is 131 cm³/mol. The number of nitrogen functional groups attached to an aromatic ring is 1. The van der Waals surface area contributed by atoms with E-state index in [0.717, 1.165) is 23.3 Å². The second-order valence-corrected chi connectivity index (χ2v) is 8.97. The normalized spacial score (nSPS) is 14.0. The molecule has 0 aliphatic carbocycles. The lowest BCUT2D eigenvalue weighted by Crippen LogP contribution is -2.41. The average molecular weight is 463 g/mol. The number of hydrogen-bond acceptors (Lipinski definition) is 5. The topological polar surface area (TPSA) is 105 Å². The van der Waals surface area contributed by atoms with Crippen LogP contribution < -0.4 is 16.4 Å². The van der Waals surface area contributed by atoms with Gasteiger partial charge in [-0.2, -0.15) is 0 Å². The standard InChI is InChI=1S/C25H26N4O3S/c1-16(30)27-23(25(32)29-12-2-3-13-29)17-6-8-18(9-7-17)24(31)28-21-15-19(10-11-20(21)26)22-5-4-14-33-22/h4-11,14-15,23H,2-3,12-13,26H2,1H3,(H,27,30)(H,28,31). The molecular weight excluding hydrogens is 436 g/mol. The van der Waals surface area contributed by atoms with Gasteiger partial charge in [0.25, 0.3) is 5.91 Å². The number of hydrogen-bond donors (Lipinski definition) is 3. The highest BCUT2D eigenvalue weighted by Gasteiger charge is 2.28. The molecule has 3 aromatic rings. The molecule has 2 aromatic carbocycles. The Morgan fingerprint density at radius 3 is 2.39 bits per heavy atom. The fourth-order valence-corrected chi connectivity index (χ4v) is 4.62. The van der Waals surface area contributed by atoms with Gasteiger partial charge < -0.3 is 21.3 Å². The Balaban J connectivity index is 1.51. The van der Waals surface area contributed by atoms with E-state index in [0.29, 0.717) is 35.6 Å². The first-order chi connectivity index (χ1) is 15.9. The molecule has 4 rings (SSSR count). The summed E-state index contributed by atoms with van der Waals surface area (Å²) in [5.41, 5.74) is 9.13. The molecule has 1 fully saturated rings. The van der Waals surface area contributed by atoms with Gasteiger partial charge in [-0.25, -0.2) is 0 Å². The van der Waals surface area contributed by atoms with E-state index in [1.54, 1.807) is 46.6 Å². The van der Waals surface area contributed by atoms with Crippen molar-refractivity contribution in [3.63, 3.8) is 0 Å².